The van der Waals surface area contributed by atoms with Gasteiger partial charge in [-0.25, -0.2) is 0 Å². The molecule has 1 saturated carbocycles. The van der Waals surface area contributed by atoms with Crippen LogP contribution in [0.4, 0.5) is 0 Å². The molecule has 0 bridgehead atoms. The third kappa shape index (κ3) is 1.46. The molecular formula is C11H19N3. The molecule has 1 aliphatic carbocycles. The number of aromatic nitrogens is 2. The maximum atomic E-state index is 4.22. The van der Waals surface area contributed by atoms with Crippen LogP contribution in [0.15, 0.2) is 12.3 Å². The van der Waals surface area contributed by atoms with Gasteiger partial charge in [-0.3, -0.25) is 4.68 Å². The average molecular weight is 193 g/mol. The summed E-state index contributed by atoms with van der Waals surface area (Å²) in [6.07, 6.45) is 3.15. The second-order valence-electron chi connectivity index (χ2n) is 4.25. The molecule has 0 aliphatic heterocycles. The zero-order valence-corrected chi connectivity index (χ0v) is 9.20. The molecule has 14 heavy (non-hydrogen) atoms. The Kier molecular flexibility index (Phi) is 2.59. The van der Waals surface area contributed by atoms with E-state index in [9.17, 15) is 0 Å². The van der Waals surface area contributed by atoms with Gasteiger partial charge in [-0.2, -0.15) is 5.10 Å². The standard InChI is InChI=1S/C11H19N3/c1-4-12-10-7-9(8(10)2)11-5-6-13-14(11)3/h5-6,8-10,12H,4,7H2,1-3H3. The number of aryl methyl sites for hydroxylation is 1. The van der Waals surface area contributed by atoms with Gasteiger partial charge in [-0.15, -0.1) is 0 Å². The Morgan fingerprint density at radius 2 is 2.43 bits per heavy atom. The number of hydrogen-bond acceptors (Lipinski definition) is 2. The van der Waals surface area contributed by atoms with E-state index < -0.39 is 0 Å². The predicted octanol–water partition coefficient (Wildman–Crippen LogP) is 1.52. The molecule has 1 aliphatic rings. The van der Waals surface area contributed by atoms with Crippen LogP contribution in [0.2, 0.25) is 0 Å². The van der Waals surface area contributed by atoms with Gasteiger partial charge in [0.05, 0.1) is 0 Å². The van der Waals surface area contributed by atoms with Crippen molar-refractivity contribution in [3.63, 3.8) is 0 Å². The summed E-state index contributed by atoms with van der Waals surface area (Å²) in [5.41, 5.74) is 1.38. The van der Waals surface area contributed by atoms with Crippen molar-refractivity contribution in [3.8, 4) is 0 Å². The molecule has 1 aromatic rings. The molecule has 2 rings (SSSR count). The Labute approximate surface area is 85.5 Å². The van der Waals surface area contributed by atoms with Crippen LogP contribution in [0.1, 0.15) is 31.9 Å². The summed E-state index contributed by atoms with van der Waals surface area (Å²) in [7, 11) is 2.03. The lowest BCUT2D eigenvalue weighted by Gasteiger charge is -2.43. The van der Waals surface area contributed by atoms with E-state index >= 15 is 0 Å². The molecule has 0 amide bonds. The number of nitrogens with one attached hydrogen (secondary N) is 1. The monoisotopic (exact) mass is 193 g/mol. The number of rotatable bonds is 3. The van der Waals surface area contributed by atoms with E-state index in [4.69, 9.17) is 0 Å². The fourth-order valence-electron chi connectivity index (χ4n) is 2.46. The highest BCUT2D eigenvalue weighted by Crippen LogP contribution is 2.41. The van der Waals surface area contributed by atoms with Crippen LogP contribution in [-0.2, 0) is 7.05 Å². The van der Waals surface area contributed by atoms with E-state index in [1.807, 2.05) is 17.9 Å². The molecule has 3 nitrogen and oxygen atoms in total. The first-order chi connectivity index (χ1) is 6.74. The van der Waals surface area contributed by atoms with Gasteiger partial charge in [0.25, 0.3) is 0 Å². The summed E-state index contributed by atoms with van der Waals surface area (Å²) >= 11 is 0. The number of hydrogen-bond donors (Lipinski definition) is 1. The fraction of sp³-hybridized carbons (Fsp3) is 0.727. The van der Waals surface area contributed by atoms with Crippen LogP contribution < -0.4 is 5.32 Å². The largest absolute Gasteiger partial charge is 0.314 e. The van der Waals surface area contributed by atoms with E-state index in [-0.39, 0.29) is 0 Å². The Hall–Kier alpha value is -0.830. The number of nitrogens with zero attached hydrogens (tertiary/aromatic N) is 2. The van der Waals surface area contributed by atoms with Crippen molar-refractivity contribution in [2.24, 2.45) is 13.0 Å². The van der Waals surface area contributed by atoms with Crippen LogP contribution in [0.3, 0.4) is 0 Å². The van der Waals surface area contributed by atoms with Crippen molar-refractivity contribution < 1.29 is 0 Å². The summed E-state index contributed by atoms with van der Waals surface area (Å²) in [4.78, 5) is 0. The molecule has 1 N–H and O–H groups in total. The van der Waals surface area contributed by atoms with Crippen molar-refractivity contribution >= 4 is 0 Å². The van der Waals surface area contributed by atoms with Crippen molar-refractivity contribution in [3.05, 3.63) is 18.0 Å². The zero-order valence-electron chi connectivity index (χ0n) is 9.20. The lowest BCUT2D eigenvalue weighted by molar-refractivity contribution is 0.179. The van der Waals surface area contributed by atoms with E-state index in [1.54, 1.807) is 0 Å². The highest BCUT2D eigenvalue weighted by Gasteiger charge is 2.39. The summed E-state index contributed by atoms with van der Waals surface area (Å²) in [5, 5.41) is 7.73. The Bertz CT molecular complexity index is 305. The van der Waals surface area contributed by atoms with Crippen LogP contribution in [0, 0.1) is 5.92 Å². The summed E-state index contributed by atoms with van der Waals surface area (Å²) in [6.45, 7) is 5.58. The third-order valence-corrected chi connectivity index (χ3v) is 3.48. The molecule has 0 spiro atoms. The van der Waals surface area contributed by atoms with Gasteiger partial charge in [-0.05, 0) is 24.9 Å². The molecule has 0 aromatic carbocycles. The first-order valence-corrected chi connectivity index (χ1v) is 5.45. The van der Waals surface area contributed by atoms with Crippen LogP contribution in [0.25, 0.3) is 0 Å². The first-order valence-electron chi connectivity index (χ1n) is 5.45. The second-order valence-corrected chi connectivity index (χ2v) is 4.25. The minimum absolute atomic E-state index is 0.701. The molecule has 1 fully saturated rings. The van der Waals surface area contributed by atoms with E-state index in [1.165, 1.54) is 12.1 Å². The zero-order chi connectivity index (χ0) is 10.1. The lowest BCUT2D eigenvalue weighted by atomic mass is 9.68. The summed E-state index contributed by atoms with van der Waals surface area (Å²) < 4.78 is 2.00. The lowest BCUT2D eigenvalue weighted by Crippen LogP contribution is -2.48. The van der Waals surface area contributed by atoms with Gasteiger partial charge in [-0.1, -0.05) is 13.8 Å². The minimum Gasteiger partial charge on any atom is -0.314 e. The summed E-state index contributed by atoms with van der Waals surface area (Å²) in [6, 6.07) is 2.85. The van der Waals surface area contributed by atoms with Crippen LogP contribution in [0.5, 0.6) is 0 Å². The van der Waals surface area contributed by atoms with E-state index in [0.29, 0.717) is 12.0 Å². The topological polar surface area (TPSA) is 29.9 Å². The molecule has 3 unspecified atom stereocenters. The molecule has 1 heterocycles. The first kappa shape index (κ1) is 9.71. The molecular weight excluding hydrogens is 174 g/mol. The summed E-state index contributed by atoms with van der Waals surface area (Å²) in [5.74, 6) is 1.44. The van der Waals surface area contributed by atoms with Crippen molar-refractivity contribution in [2.45, 2.75) is 32.2 Å². The highest BCUT2D eigenvalue weighted by atomic mass is 15.3. The Morgan fingerprint density at radius 3 is 2.93 bits per heavy atom. The SMILES string of the molecule is CCNC1CC(c2ccnn2C)C1C. The van der Waals surface area contributed by atoms with E-state index in [2.05, 4.69) is 30.3 Å². The van der Waals surface area contributed by atoms with Crippen molar-refractivity contribution in [1.29, 1.82) is 0 Å². The molecule has 3 heteroatoms. The minimum atomic E-state index is 0.701. The van der Waals surface area contributed by atoms with Gasteiger partial charge in [0, 0.05) is 30.9 Å². The third-order valence-electron chi connectivity index (χ3n) is 3.48. The maximum absolute atomic E-state index is 4.22. The van der Waals surface area contributed by atoms with Crippen molar-refractivity contribution in [2.75, 3.05) is 6.54 Å². The average Bonchev–Trinajstić information content (AvgIpc) is 2.58. The Balaban J connectivity index is 2.01. The van der Waals surface area contributed by atoms with Gasteiger partial charge in [0.1, 0.15) is 0 Å². The molecule has 0 radical (unpaired) electrons. The van der Waals surface area contributed by atoms with Crippen molar-refractivity contribution in [1.82, 2.24) is 15.1 Å². The maximum Gasteiger partial charge on any atom is 0.0492 e. The van der Waals surface area contributed by atoms with Gasteiger partial charge < -0.3 is 5.32 Å². The second kappa shape index (κ2) is 3.73. The highest BCUT2D eigenvalue weighted by molar-refractivity contribution is 5.16. The molecule has 1 aromatic heterocycles. The van der Waals surface area contributed by atoms with E-state index in [0.717, 1.165) is 12.5 Å². The fourth-order valence-corrected chi connectivity index (χ4v) is 2.46. The Morgan fingerprint density at radius 1 is 1.64 bits per heavy atom. The predicted molar refractivity (Wildman–Crippen MR) is 57.2 cm³/mol. The van der Waals surface area contributed by atoms with Gasteiger partial charge in [0.15, 0.2) is 0 Å². The van der Waals surface area contributed by atoms with Crippen LogP contribution in [-0.4, -0.2) is 22.4 Å². The van der Waals surface area contributed by atoms with Crippen LogP contribution >= 0.6 is 0 Å². The molecule has 0 saturated heterocycles. The van der Waals surface area contributed by atoms with Gasteiger partial charge >= 0.3 is 0 Å². The molecule has 3 atom stereocenters. The normalized spacial score (nSPS) is 31.5. The molecule has 78 valence electrons. The quantitative estimate of drug-likeness (QED) is 0.789. The van der Waals surface area contributed by atoms with Gasteiger partial charge in [0.2, 0.25) is 0 Å². The smallest absolute Gasteiger partial charge is 0.0492 e.